The minimum atomic E-state index is -4.87. The Morgan fingerprint density at radius 1 is 0.810 bits per heavy atom. The largest absolute Gasteiger partial charge is 0.573 e. The van der Waals surface area contributed by atoms with Crippen LogP contribution in [-0.4, -0.2) is 45.9 Å². The lowest BCUT2D eigenvalue weighted by Gasteiger charge is -2.40. The first kappa shape index (κ1) is 30.6. The number of rotatable bonds is 10. The molecule has 1 aliphatic heterocycles. The molecule has 2 atom stereocenters. The standard InChI is InChI=1S/C30H35F3N6O3/c1-17(2)36-25-15-34-13-11-23(25)19(5)29(20(6)24-12-14-35-16-26(24)37-18(3)4)27(40)39(28(41)38-29)21-7-9-22(10-8-21)42-30(31,32)33/h7-20,36-37H,1-6H3,(H,38,41). The minimum Gasteiger partial charge on any atom is -0.406 e. The fourth-order valence-electron chi connectivity index (χ4n) is 5.48. The Hall–Kier alpha value is -4.35. The molecule has 3 amide bonds. The smallest absolute Gasteiger partial charge is 0.406 e. The topological polar surface area (TPSA) is 108 Å². The van der Waals surface area contributed by atoms with Gasteiger partial charge >= 0.3 is 12.4 Å². The van der Waals surface area contributed by atoms with Gasteiger partial charge in [0.1, 0.15) is 11.3 Å². The highest BCUT2D eigenvalue weighted by Gasteiger charge is 2.59. The molecule has 3 heterocycles. The van der Waals surface area contributed by atoms with Gasteiger partial charge in [-0.05, 0) is 75.2 Å². The van der Waals surface area contributed by atoms with Crippen LogP contribution in [0.15, 0.2) is 61.2 Å². The predicted molar refractivity (Wildman–Crippen MR) is 155 cm³/mol. The number of carbonyl (C=O) groups excluding carboxylic acids is 2. The molecular formula is C30H35F3N6O3. The number of pyridine rings is 2. The van der Waals surface area contributed by atoms with E-state index in [-0.39, 0.29) is 17.8 Å². The molecule has 224 valence electrons. The molecule has 42 heavy (non-hydrogen) atoms. The summed E-state index contributed by atoms with van der Waals surface area (Å²) in [6, 6.07) is 7.71. The number of urea groups is 1. The lowest BCUT2D eigenvalue weighted by atomic mass is 9.69. The van der Waals surface area contributed by atoms with Crippen molar-refractivity contribution in [3.8, 4) is 5.75 Å². The summed E-state index contributed by atoms with van der Waals surface area (Å²) in [5.74, 6) is -2.16. The number of nitrogens with one attached hydrogen (secondary N) is 3. The Labute approximate surface area is 242 Å². The molecule has 0 aliphatic carbocycles. The zero-order valence-electron chi connectivity index (χ0n) is 24.3. The molecule has 1 aliphatic rings. The lowest BCUT2D eigenvalue weighted by Crippen LogP contribution is -2.55. The van der Waals surface area contributed by atoms with E-state index in [1.54, 1.807) is 24.8 Å². The second-order valence-corrected chi connectivity index (χ2v) is 10.9. The van der Waals surface area contributed by atoms with E-state index in [0.717, 1.165) is 39.5 Å². The number of hydrogen-bond donors (Lipinski definition) is 3. The van der Waals surface area contributed by atoms with Crippen molar-refractivity contribution >= 4 is 29.0 Å². The zero-order valence-corrected chi connectivity index (χ0v) is 24.3. The van der Waals surface area contributed by atoms with E-state index >= 15 is 0 Å². The average molecular weight is 585 g/mol. The summed E-state index contributed by atoms with van der Waals surface area (Å²) in [5, 5.41) is 9.76. The lowest BCUT2D eigenvalue weighted by molar-refractivity contribution is -0.274. The molecule has 0 spiro atoms. The van der Waals surface area contributed by atoms with Crippen molar-refractivity contribution in [3.05, 3.63) is 72.3 Å². The van der Waals surface area contributed by atoms with Gasteiger partial charge in [0.25, 0.3) is 5.91 Å². The summed E-state index contributed by atoms with van der Waals surface area (Å²) in [6.07, 6.45) is 1.75. The second-order valence-electron chi connectivity index (χ2n) is 10.9. The van der Waals surface area contributed by atoms with Crippen molar-refractivity contribution in [1.29, 1.82) is 0 Å². The number of amides is 3. The molecule has 2 aromatic heterocycles. The molecule has 3 N–H and O–H groups in total. The zero-order chi connectivity index (χ0) is 30.8. The summed E-state index contributed by atoms with van der Waals surface area (Å²) in [6.45, 7) is 11.7. The van der Waals surface area contributed by atoms with Gasteiger partial charge in [-0.2, -0.15) is 0 Å². The predicted octanol–water partition coefficient (Wildman–Crippen LogP) is 6.42. The Morgan fingerprint density at radius 2 is 1.29 bits per heavy atom. The van der Waals surface area contributed by atoms with Gasteiger partial charge in [-0.15, -0.1) is 13.2 Å². The average Bonchev–Trinajstić information content (AvgIpc) is 3.18. The van der Waals surface area contributed by atoms with E-state index in [2.05, 4.69) is 30.7 Å². The summed E-state index contributed by atoms with van der Waals surface area (Å²) in [7, 11) is 0. The monoisotopic (exact) mass is 584 g/mol. The molecule has 0 saturated carbocycles. The molecule has 1 saturated heterocycles. The van der Waals surface area contributed by atoms with Crippen LogP contribution < -0.4 is 25.6 Å². The molecule has 9 nitrogen and oxygen atoms in total. The van der Waals surface area contributed by atoms with Crippen molar-refractivity contribution < 1.29 is 27.5 Å². The maximum Gasteiger partial charge on any atom is 0.573 e. The van der Waals surface area contributed by atoms with Crippen molar-refractivity contribution in [3.63, 3.8) is 0 Å². The van der Waals surface area contributed by atoms with Gasteiger partial charge in [-0.3, -0.25) is 14.8 Å². The van der Waals surface area contributed by atoms with Gasteiger partial charge in [0.05, 0.1) is 29.5 Å². The van der Waals surface area contributed by atoms with Crippen LogP contribution in [0.4, 0.5) is 35.0 Å². The number of nitrogens with zero attached hydrogens (tertiary/aromatic N) is 3. The maximum absolute atomic E-state index is 14.6. The first-order chi connectivity index (χ1) is 19.7. The third kappa shape index (κ3) is 6.12. The van der Waals surface area contributed by atoms with Crippen LogP contribution in [0.2, 0.25) is 0 Å². The van der Waals surface area contributed by atoms with E-state index in [0.29, 0.717) is 0 Å². The fraction of sp³-hybridized carbons (Fsp3) is 0.400. The van der Waals surface area contributed by atoms with Crippen LogP contribution in [0.1, 0.15) is 64.5 Å². The number of carbonyl (C=O) groups is 2. The van der Waals surface area contributed by atoms with Crippen LogP contribution in [0.25, 0.3) is 0 Å². The number of aromatic nitrogens is 2. The van der Waals surface area contributed by atoms with Crippen LogP contribution >= 0.6 is 0 Å². The summed E-state index contributed by atoms with van der Waals surface area (Å²) >= 11 is 0. The second kappa shape index (κ2) is 11.9. The first-order valence-corrected chi connectivity index (χ1v) is 13.7. The number of imide groups is 1. The van der Waals surface area contributed by atoms with Crippen molar-refractivity contribution in [2.45, 2.75) is 77.4 Å². The van der Waals surface area contributed by atoms with Gasteiger partial charge < -0.3 is 20.7 Å². The number of halogens is 3. The summed E-state index contributed by atoms with van der Waals surface area (Å²) < 4.78 is 42.1. The van der Waals surface area contributed by atoms with E-state index < -0.39 is 41.4 Å². The quantitative estimate of drug-likeness (QED) is 0.236. The van der Waals surface area contributed by atoms with Gasteiger partial charge in [0.15, 0.2) is 0 Å². The molecule has 3 aromatic rings. The van der Waals surface area contributed by atoms with Crippen LogP contribution in [0.5, 0.6) is 5.75 Å². The van der Waals surface area contributed by atoms with Gasteiger partial charge in [0, 0.05) is 36.3 Å². The Balaban J connectivity index is 1.85. The summed E-state index contributed by atoms with van der Waals surface area (Å²) in [4.78, 5) is 37.7. The minimum absolute atomic E-state index is 0.0679. The summed E-state index contributed by atoms with van der Waals surface area (Å²) in [5.41, 5.74) is 1.58. The number of hydrogen-bond acceptors (Lipinski definition) is 7. The number of ether oxygens (including phenoxy) is 1. The van der Waals surface area contributed by atoms with Crippen LogP contribution in [-0.2, 0) is 4.79 Å². The molecule has 0 radical (unpaired) electrons. The Morgan fingerprint density at radius 3 is 1.71 bits per heavy atom. The normalized spacial score (nSPS) is 18.7. The number of alkyl halides is 3. The van der Waals surface area contributed by atoms with E-state index in [1.807, 2.05) is 53.7 Å². The molecule has 0 bridgehead atoms. The fourth-order valence-corrected chi connectivity index (χ4v) is 5.48. The highest BCUT2D eigenvalue weighted by atomic mass is 19.4. The van der Waals surface area contributed by atoms with E-state index in [4.69, 9.17) is 0 Å². The Kier molecular flexibility index (Phi) is 8.65. The molecule has 1 fully saturated rings. The van der Waals surface area contributed by atoms with Crippen molar-refractivity contribution in [2.75, 3.05) is 15.5 Å². The molecule has 12 heteroatoms. The SMILES string of the molecule is CC(C)Nc1cnccc1C(C)C1(C(C)c2ccncc2NC(C)C)NC(=O)N(c2ccc(OC(F)(F)F)cc2)C1=O. The molecule has 2 unspecified atom stereocenters. The van der Waals surface area contributed by atoms with Gasteiger partial charge in [-0.25, -0.2) is 9.69 Å². The number of anilines is 3. The third-order valence-corrected chi connectivity index (χ3v) is 7.30. The van der Waals surface area contributed by atoms with E-state index in [1.165, 1.54) is 12.1 Å². The molecule has 1 aromatic carbocycles. The Bertz CT molecular complexity index is 1370. The van der Waals surface area contributed by atoms with Gasteiger partial charge in [0.2, 0.25) is 0 Å². The molecule has 4 rings (SSSR count). The first-order valence-electron chi connectivity index (χ1n) is 13.7. The van der Waals surface area contributed by atoms with Crippen molar-refractivity contribution in [1.82, 2.24) is 15.3 Å². The van der Waals surface area contributed by atoms with Crippen LogP contribution in [0, 0.1) is 0 Å². The highest BCUT2D eigenvalue weighted by Crippen LogP contribution is 2.47. The maximum atomic E-state index is 14.6. The van der Waals surface area contributed by atoms with Crippen LogP contribution in [0.3, 0.4) is 0 Å². The third-order valence-electron chi connectivity index (χ3n) is 7.30. The molecular weight excluding hydrogens is 549 g/mol. The highest BCUT2D eigenvalue weighted by molar-refractivity contribution is 6.24. The van der Waals surface area contributed by atoms with E-state index in [9.17, 15) is 22.8 Å². The van der Waals surface area contributed by atoms with Crippen molar-refractivity contribution in [2.24, 2.45) is 0 Å². The van der Waals surface area contributed by atoms with Gasteiger partial charge in [-0.1, -0.05) is 13.8 Å². The number of benzene rings is 1.